The third-order valence-electron chi connectivity index (χ3n) is 4.95. The first-order chi connectivity index (χ1) is 9.24. The summed E-state index contributed by atoms with van der Waals surface area (Å²) < 4.78 is 0. The largest absolute Gasteiger partial charge is 0.292 e. The van der Waals surface area contributed by atoms with Crippen molar-refractivity contribution in [1.82, 2.24) is 4.90 Å². The molecule has 1 aromatic rings. The molecular formula is C17H23NO. The SMILES string of the molecule is Cc1ccccc1C(=O)C1(N2CCCC2)CCCC1. The maximum Gasteiger partial charge on any atom is 0.183 e. The summed E-state index contributed by atoms with van der Waals surface area (Å²) in [6.07, 6.45) is 7.02. The van der Waals surface area contributed by atoms with E-state index in [9.17, 15) is 4.79 Å². The minimum Gasteiger partial charge on any atom is -0.292 e. The lowest BCUT2D eigenvalue weighted by Gasteiger charge is -2.37. The minimum atomic E-state index is -0.178. The lowest BCUT2D eigenvalue weighted by Crippen LogP contribution is -2.51. The molecule has 2 fully saturated rings. The van der Waals surface area contributed by atoms with Crippen molar-refractivity contribution in [3.63, 3.8) is 0 Å². The lowest BCUT2D eigenvalue weighted by atomic mass is 9.84. The van der Waals surface area contributed by atoms with Gasteiger partial charge in [0, 0.05) is 5.56 Å². The molecule has 0 bridgehead atoms. The first-order valence-electron chi connectivity index (χ1n) is 7.59. The van der Waals surface area contributed by atoms with E-state index in [1.54, 1.807) is 0 Å². The number of Topliss-reactive ketones (excluding diaryl/α,β-unsaturated/α-hetero) is 1. The van der Waals surface area contributed by atoms with Crippen molar-refractivity contribution in [2.45, 2.75) is 51.0 Å². The number of aryl methyl sites for hydroxylation is 1. The van der Waals surface area contributed by atoms with E-state index in [4.69, 9.17) is 0 Å². The molecule has 0 radical (unpaired) electrons. The van der Waals surface area contributed by atoms with Crippen molar-refractivity contribution in [2.75, 3.05) is 13.1 Å². The zero-order valence-electron chi connectivity index (χ0n) is 11.8. The summed E-state index contributed by atoms with van der Waals surface area (Å²) in [5.74, 6) is 0.380. The Morgan fingerprint density at radius 1 is 1.05 bits per heavy atom. The van der Waals surface area contributed by atoms with Gasteiger partial charge in [-0.2, -0.15) is 0 Å². The summed E-state index contributed by atoms with van der Waals surface area (Å²) in [7, 11) is 0. The monoisotopic (exact) mass is 257 g/mol. The van der Waals surface area contributed by atoms with Gasteiger partial charge in [-0.05, 0) is 51.3 Å². The number of likely N-dealkylation sites (tertiary alicyclic amines) is 1. The van der Waals surface area contributed by atoms with Gasteiger partial charge in [0.25, 0.3) is 0 Å². The normalized spacial score (nSPS) is 22.8. The maximum atomic E-state index is 13.1. The Hall–Kier alpha value is -1.15. The summed E-state index contributed by atoms with van der Waals surface area (Å²) in [5, 5.41) is 0. The highest BCUT2D eigenvalue weighted by atomic mass is 16.1. The summed E-state index contributed by atoms with van der Waals surface area (Å²) in [6, 6.07) is 8.07. The maximum absolute atomic E-state index is 13.1. The molecule has 1 saturated carbocycles. The fourth-order valence-electron chi connectivity index (χ4n) is 3.87. The van der Waals surface area contributed by atoms with Gasteiger partial charge in [-0.25, -0.2) is 0 Å². The molecule has 1 aliphatic carbocycles. The molecule has 2 aliphatic rings. The van der Waals surface area contributed by atoms with Crippen molar-refractivity contribution in [3.8, 4) is 0 Å². The van der Waals surface area contributed by atoms with Gasteiger partial charge in [0.2, 0.25) is 0 Å². The molecule has 0 unspecified atom stereocenters. The van der Waals surface area contributed by atoms with Gasteiger partial charge < -0.3 is 0 Å². The second kappa shape index (κ2) is 5.09. The number of rotatable bonds is 3. The number of hydrogen-bond donors (Lipinski definition) is 0. The molecule has 0 amide bonds. The molecule has 1 heterocycles. The van der Waals surface area contributed by atoms with Crippen LogP contribution in [0.15, 0.2) is 24.3 Å². The van der Waals surface area contributed by atoms with Crippen LogP contribution < -0.4 is 0 Å². The van der Waals surface area contributed by atoms with E-state index in [0.717, 1.165) is 37.1 Å². The fourth-order valence-corrected chi connectivity index (χ4v) is 3.87. The number of hydrogen-bond acceptors (Lipinski definition) is 2. The predicted molar refractivity (Wildman–Crippen MR) is 77.5 cm³/mol. The Morgan fingerprint density at radius 3 is 2.32 bits per heavy atom. The molecular weight excluding hydrogens is 234 g/mol. The van der Waals surface area contributed by atoms with Gasteiger partial charge in [-0.1, -0.05) is 37.1 Å². The van der Waals surface area contributed by atoms with E-state index < -0.39 is 0 Å². The van der Waals surface area contributed by atoms with Crippen molar-refractivity contribution < 1.29 is 4.79 Å². The standard InChI is InChI=1S/C17H23NO/c1-14-8-2-3-9-15(14)16(19)17(10-4-5-11-17)18-12-6-7-13-18/h2-3,8-9H,4-7,10-13H2,1H3. The van der Waals surface area contributed by atoms with Crippen LogP contribution in [0.2, 0.25) is 0 Å². The predicted octanol–water partition coefficient (Wildman–Crippen LogP) is 3.59. The van der Waals surface area contributed by atoms with E-state index >= 15 is 0 Å². The Kier molecular flexibility index (Phi) is 3.44. The molecule has 1 saturated heterocycles. The van der Waals surface area contributed by atoms with Gasteiger partial charge >= 0.3 is 0 Å². The Morgan fingerprint density at radius 2 is 1.68 bits per heavy atom. The summed E-state index contributed by atoms with van der Waals surface area (Å²) in [4.78, 5) is 15.6. The average molecular weight is 257 g/mol. The highest BCUT2D eigenvalue weighted by molar-refractivity contribution is 6.04. The Labute approximate surface area is 115 Å². The molecule has 0 atom stereocenters. The summed E-state index contributed by atoms with van der Waals surface area (Å²) in [5.41, 5.74) is 1.89. The van der Waals surface area contributed by atoms with E-state index in [0.29, 0.717) is 5.78 Å². The molecule has 19 heavy (non-hydrogen) atoms. The number of ketones is 1. The highest BCUT2D eigenvalue weighted by Gasteiger charge is 2.47. The van der Waals surface area contributed by atoms with Crippen LogP contribution in [-0.4, -0.2) is 29.3 Å². The second-order valence-electron chi connectivity index (χ2n) is 6.08. The minimum absolute atomic E-state index is 0.178. The smallest absolute Gasteiger partial charge is 0.183 e. The van der Waals surface area contributed by atoms with Crippen LogP contribution in [0.25, 0.3) is 0 Å². The van der Waals surface area contributed by atoms with Crippen LogP contribution in [0, 0.1) is 6.92 Å². The van der Waals surface area contributed by atoms with Gasteiger partial charge in [0.05, 0.1) is 5.54 Å². The van der Waals surface area contributed by atoms with Crippen LogP contribution in [0.5, 0.6) is 0 Å². The van der Waals surface area contributed by atoms with Crippen molar-refractivity contribution in [2.24, 2.45) is 0 Å². The third-order valence-corrected chi connectivity index (χ3v) is 4.95. The molecule has 0 N–H and O–H groups in total. The van der Waals surface area contributed by atoms with Crippen LogP contribution in [0.3, 0.4) is 0 Å². The van der Waals surface area contributed by atoms with E-state index in [2.05, 4.69) is 17.9 Å². The topological polar surface area (TPSA) is 20.3 Å². The highest BCUT2D eigenvalue weighted by Crippen LogP contribution is 2.40. The molecule has 102 valence electrons. The van der Waals surface area contributed by atoms with Crippen LogP contribution in [-0.2, 0) is 0 Å². The Balaban J connectivity index is 1.96. The van der Waals surface area contributed by atoms with Crippen molar-refractivity contribution >= 4 is 5.78 Å². The number of nitrogens with zero attached hydrogens (tertiary/aromatic N) is 1. The molecule has 3 rings (SSSR count). The van der Waals surface area contributed by atoms with Gasteiger partial charge in [-0.15, -0.1) is 0 Å². The lowest BCUT2D eigenvalue weighted by molar-refractivity contribution is 0.0626. The van der Waals surface area contributed by atoms with Crippen LogP contribution >= 0.6 is 0 Å². The summed E-state index contributed by atoms with van der Waals surface area (Å²) in [6.45, 7) is 4.27. The average Bonchev–Trinajstić information content (AvgIpc) is 3.10. The first-order valence-corrected chi connectivity index (χ1v) is 7.59. The quantitative estimate of drug-likeness (QED) is 0.771. The Bertz CT molecular complexity index is 468. The zero-order valence-corrected chi connectivity index (χ0v) is 11.8. The van der Waals surface area contributed by atoms with Crippen LogP contribution in [0.4, 0.5) is 0 Å². The van der Waals surface area contributed by atoms with Crippen molar-refractivity contribution in [3.05, 3.63) is 35.4 Å². The van der Waals surface area contributed by atoms with Gasteiger partial charge in [0.1, 0.15) is 0 Å². The molecule has 2 heteroatoms. The van der Waals surface area contributed by atoms with Crippen LogP contribution in [0.1, 0.15) is 54.4 Å². The van der Waals surface area contributed by atoms with E-state index in [1.165, 1.54) is 25.7 Å². The molecule has 1 aromatic carbocycles. The molecule has 0 spiro atoms. The molecule has 0 aromatic heterocycles. The number of benzene rings is 1. The number of carbonyl (C=O) groups is 1. The van der Waals surface area contributed by atoms with E-state index in [-0.39, 0.29) is 5.54 Å². The van der Waals surface area contributed by atoms with Gasteiger partial charge in [-0.3, -0.25) is 9.69 Å². The fraction of sp³-hybridized carbons (Fsp3) is 0.588. The third kappa shape index (κ3) is 2.12. The second-order valence-corrected chi connectivity index (χ2v) is 6.08. The zero-order chi connectivity index (χ0) is 13.3. The summed E-state index contributed by atoms with van der Waals surface area (Å²) >= 11 is 0. The molecule has 2 nitrogen and oxygen atoms in total. The van der Waals surface area contributed by atoms with Gasteiger partial charge in [0.15, 0.2) is 5.78 Å². The number of carbonyl (C=O) groups excluding carboxylic acids is 1. The first kappa shape index (κ1) is 12.9. The van der Waals surface area contributed by atoms with E-state index in [1.807, 2.05) is 18.2 Å². The van der Waals surface area contributed by atoms with Crippen molar-refractivity contribution in [1.29, 1.82) is 0 Å². The molecule has 1 aliphatic heterocycles.